The lowest BCUT2D eigenvalue weighted by Gasteiger charge is -2.36. The third-order valence-corrected chi connectivity index (χ3v) is 4.55. The molecular formula is C18H24N2O5. The molecule has 1 aromatic carbocycles. The maximum atomic E-state index is 12.1. The van der Waals surface area contributed by atoms with Crippen LogP contribution < -0.4 is 5.32 Å². The molecular weight excluding hydrogens is 324 g/mol. The fourth-order valence-corrected chi connectivity index (χ4v) is 3.11. The van der Waals surface area contributed by atoms with E-state index in [0.29, 0.717) is 31.5 Å². The van der Waals surface area contributed by atoms with Crippen LogP contribution in [-0.4, -0.2) is 56.6 Å². The van der Waals surface area contributed by atoms with Gasteiger partial charge in [-0.2, -0.15) is 0 Å². The molecule has 1 N–H and O–H groups in total. The maximum Gasteiger partial charge on any atom is 0.323 e. The average Bonchev–Trinajstić information content (AvgIpc) is 2.66. The van der Waals surface area contributed by atoms with Gasteiger partial charge in [-0.15, -0.1) is 0 Å². The number of carbonyl (C=O) groups is 3. The lowest BCUT2D eigenvalue weighted by Crippen LogP contribution is -2.48. The Morgan fingerprint density at radius 3 is 2.32 bits per heavy atom. The number of piperidine rings is 1. The molecule has 1 saturated heterocycles. The zero-order valence-electron chi connectivity index (χ0n) is 14.8. The largest absolute Gasteiger partial charge is 0.469 e. The molecule has 0 radical (unpaired) electrons. The predicted molar refractivity (Wildman–Crippen MR) is 90.8 cm³/mol. The van der Waals surface area contributed by atoms with E-state index in [9.17, 15) is 14.4 Å². The van der Waals surface area contributed by atoms with Crippen LogP contribution in [0.2, 0.25) is 0 Å². The van der Waals surface area contributed by atoms with Crippen molar-refractivity contribution in [3.8, 4) is 0 Å². The van der Waals surface area contributed by atoms with Crippen LogP contribution in [0.1, 0.15) is 28.8 Å². The number of amides is 1. The molecule has 25 heavy (non-hydrogen) atoms. The molecule has 0 unspecified atom stereocenters. The lowest BCUT2D eigenvalue weighted by molar-refractivity contribution is -0.154. The molecule has 1 fully saturated rings. The number of methoxy groups -OCH3 is 2. The van der Waals surface area contributed by atoms with Crippen LogP contribution >= 0.6 is 0 Å². The number of nitrogens with one attached hydrogen (secondary N) is 1. The Bertz CT molecular complexity index is 629. The first-order valence-corrected chi connectivity index (χ1v) is 8.20. The highest BCUT2D eigenvalue weighted by Crippen LogP contribution is 2.26. The fraction of sp³-hybridized carbons (Fsp3) is 0.500. The maximum absolute atomic E-state index is 12.1. The highest BCUT2D eigenvalue weighted by atomic mass is 16.5. The number of esters is 2. The monoisotopic (exact) mass is 348 g/mol. The van der Waals surface area contributed by atoms with E-state index in [2.05, 4.69) is 5.32 Å². The lowest BCUT2D eigenvalue weighted by atomic mass is 9.90. The molecule has 1 aliphatic heterocycles. The molecule has 1 amide bonds. The van der Waals surface area contributed by atoms with E-state index in [1.165, 1.54) is 14.2 Å². The van der Waals surface area contributed by atoms with E-state index in [1.54, 1.807) is 19.2 Å². The van der Waals surface area contributed by atoms with Crippen LogP contribution in [0.3, 0.4) is 0 Å². The SMILES string of the molecule is CNC(=O)c1ccc(CN2CC[C@@H](C(=O)OC)C[C@H]2C(=O)OC)cc1. The van der Waals surface area contributed by atoms with Crippen molar-refractivity contribution in [2.24, 2.45) is 5.92 Å². The molecule has 1 aromatic rings. The number of nitrogens with zero attached hydrogens (tertiary/aromatic N) is 1. The second-order valence-corrected chi connectivity index (χ2v) is 6.03. The van der Waals surface area contributed by atoms with Crippen LogP contribution in [0.25, 0.3) is 0 Å². The Morgan fingerprint density at radius 1 is 1.12 bits per heavy atom. The molecule has 1 heterocycles. The molecule has 0 saturated carbocycles. The van der Waals surface area contributed by atoms with Gasteiger partial charge in [-0.1, -0.05) is 12.1 Å². The Balaban J connectivity index is 2.10. The normalized spacial score (nSPS) is 20.6. The van der Waals surface area contributed by atoms with Crippen molar-refractivity contribution >= 4 is 17.8 Å². The van der Waals surface area contributed by atoms with Crippen molar-refractivity contribution in [2.75, 3.05) is 27.8 Å². The van der Waals surface area contributed by atoms with Gasteiger partial charge in [0.15, 0.2) is 0 Å². The first kappa shape index (κ1) is 18.9. The number of carbonyl (C=O) groups excluding carboxylic acids is 3. The second kappa shape index (κ2) is 8.62. The third-order valence-electron chi connectivity index (χ3n) is 4.55. The summed E-state index contributed by atoms with van der Waals surface area (Å²) < 4.78 is 9.70. The number of ether oxygens (including phenoxy) is 2. The minimum Gasteiger partial charge on any atom is -0.469 e. The van der Waals surface area contributed by atoms with Gasteiger partial charge in [-0.25, -0.2) is 0 Å². The van der Waals surface area contributed by atoms with Gasteiger partial charge in [-0.05, 0) is 30.5 Å². The van der Waals surface area contributed by atoms with Crippen LogP contribution in [0.15, 0.2) is 24.3 Å². The van der Waals surface area contributed by atoms with Crippen molar-refractivity contribution < 1.29 is 23.9 Å². The Hall–Kier alpha value is -2.41. The molecule has 0 spiro atoms. The zero-order valence-corrected chi connectivity index (χ0v) is 14.8. The summed E-state index contributed by atoms with van der Waals surface area (Å²) in [4.78, 5) is 37.5. The quantitative estimate of drug-likeness (QED) is 0.798. The molecule has 0 aliphatic carbocycles. The first-order chi connectivity index (χ1) is 12.0. The smallest absolute Gasteiger partial charge is 0.323 e. The molecule has 136 valence electrons. The number of hydrogen-bond acceptors (Lipinski definition) is 6. The number of benzene rings is 1. The molecule has 7 heteroatoms. The standard InChI is InChI=1S/C18H24N2O5/c1-19-16(21)13-6-4-12(5-7-13)11-20-9-8-14(17(22)24-2)10-15(20)18(23)25-3/h4-7,14-15H,8-11H2,1-3H3,(H,19,21)/t14-,15+/m1/s1. The van der Waals surface area contributed by atoms with Crippen LogP contribution in [0, 0.1) is 5.92 Å². The highest BCUT2D eigenvalue weighted by molar-refractivity contribution is 5.93. The molecule has 2 rings (SSSR count). The predicted octanol–water partition coefficient (Wildman–Crippen LogP) is 0.973. The number of rotatable bonds is 5. The molecule has 2 atom stereocenters. The van der Waals surface area contributed by atoms with E-state index in [4.69, 9.17) is 9.47 Å². The van der Waals surface area contributed by atoms with E-state index in [-0.39, 0.29) is 23.8 Å². The Morgan fingerprint density at radius 2 is 1.76 bits per heavy atom. The van der Waals surface area contributed by atoms with Gasteiger partial charge in [-0.3, -0.25) is 19.3 Å². The van der Waals surface area contributed by atoms with Crippen molar-refractivity contribution in [3.05, 3.63) is 35.4 Å². The van der Waals surface area contributed by atoms with Gasteiger partial charge in [0, 0.05) is 25.7 Å². The summed E-state index contributed by atoms with van der Waals surface area (Å²) in [6.45, 7) is 1.14. The minimum absolute atomic E-state index is 0.141. The molecule has 0 aromatic heterocycles. The summed E-state index contributed by atoms with van der Waals surface area (Å²) >= 11 is 0. The molecule has 1 aliphatic rings. The minimum atomic E-state index is -0.485. The number of hydrogen-bond donors (Lipinski definition) is 1. The first-order valence-electron chi connectivity index (χ1n) is 8.20. The second-order valence-electron chi connectivity index (χ2n) is 6.03. The van der Waals surface area contributed by atoms with E-state index < -0.39 is 6.04 Å². The van der Waals surface area contributed by atoms with Gasteiger partial charge in [0.1, 0.15) is 6.04 Å². The zero-order chi connectivity index (χ0) is 18.4. The van der Waals surface area contributed by atoms with Crippen molar-refractivity contribution in [1.82, 2.24) is 10.2 Å². The third kappa shape index (κ3) is 4.57. The number of likely N-dealkylation sites (tertiary alicyclic amines) is 1. The Labute approximate surface area is 147 Å². The van der Waals surface area contributed by atoms with Crippen molar-refractivity contribution in [3.63, 3.8) is 0 Å². The van der Waals surface area contributed by atoms with Crippen molar-refractivity contribution in [2.45, 2.75) is 25.4 Å². The van der Waals surface area contributed by atoms with E-state index in [1.807, 2.05) is 17.0 Å². The summed E-state index contributed by atoms with van der Waals surface area (Å²) in [5, 5.41) is 2.58. The average molecular weight is 348 g/mol. The van der Waals surface area contributed by atoms with Crippen LogP contribution in [0.4, 0.5) is 0 Å². The van der Waals surface area contributed by atoms with Gasteiger partial charge < -0.3 is 14.8 Å². The molecule has 0 bridgehead atoms. The highest BCUT2D eigenvalue weighted by Gasteiger charge is 2.37. The van der Waals surface area contributed by atoms with Gasteiger partial charge in [0.05, 0.1) is 20.1 Å². The fourth-order valence-electron chi connectivity index (χ4n) is 3.11. The van der Waals surface area contributed by atoms with Gasteiger partial charge >= 0.3 is 11.9 Å². The molecule has 7 nitrogen and oxygen atoms in total. The topological polar surface area (TPSA) is 84.9 Å². The summed E-state index contributed by atoms with van der Waals surface area (Å²) in [7, 11) is 4.29. The van der Waals surface area contributed by atoms with Crippen molar-refractivity contribution in [1.29, 1.82) is 0 Å². The van der Waals surface area contributed by atoms with Crippen LogP contribution in [-0.2, 0) is 25.6 Å². The summed E-state index contributed by atoms with van der Waals surface area (Å²) in [5.41, 5.74) is 1.57. The van der Waals surface area contributed by atoms with E-state index in [0.717, 1.165) is 5.56 Å². The van der Waals surface area contributed by atoms with Crippen LogP contribution in [0.5, 0.6) is 0 Å². The summed E-state index contributed by atoms with van der Waals surface area (Å²) in [5.74, 6) is -1.07. The summed E-state index contributed by atoms with van der Waals surface area (Å²) in [6.07, 6.45) is 1.02. The summed E-state index contributed by atoms with van der Waals surface area (Å²) in [6, 6.07) is 6.75. The van der Waals surface area contributed by atoms with Gasteiger partial charge in [0.25, 0.3) is 5.91 Å². The van der Waals surface area contributed by atoms with E-state index >= 15 is 0 Å². The Kier molecular flexibility index (Phi) is 6.52. The van der Waals surface area contributed by atoms with Gasteiger partial charge in [0.2, 0.25) is 0 Å².